The van der Waals surface area contributed by atoms with Crippen molar-refractivity contribution in [1.29, 1.82) is 0 Å². The number of benzene rings is 1. The van der Waals surface area contributed by atoms with E-state index in [4.69, 9.17) is 5.73 Å². The van der Waals surface area contributed by atoms with Gasteiger partial charge in [-0.1, -0.05) is 35.7 Å². The third-order valence-electron chi connectivity index (χ3n) is 5.13. The van der Waals surface area contributed by atoms with Gasteiger partial charge in [-0.15, -0.1) is 0 Å². The number of aromatic nitrogens is 3. The Kier molecular flexibility index (Phi) is 4.82. The van der Waals surface area contributed by atoms with Crippen molar-refractivity contribution in [1.82, 2.24) is 9.38 Å². The van der Waals surface area contributed by atoms with Crippen LogP contribution in [0.3, 0.4) is 0 Å². The first-order valence-corrected chi connectivity index (χ1v) is 11.2. The molecule has 0 aliphatic rings. The number of nitrogens with zero attached hydrogens (tertiary/aromatic N) is 3. The quantitative estimate of drug-likeness (QED) is 0.402. The van der Waals surface area contributed by atoms with E-state index >= 15 is 0 Å². The summed E-state index contributed by atoms with van der Waals surface area (Å²) in [6.07, 6.45) is 2.39. The number of fused-ring (bicyclic) bond motifs is 2. The molecule has 0 aliphatic heterocycles. The first-order chi connectivity index (χ1) is 14.2. The minimum atomic E-state index is -3.92. The molecule has 0 spiro atoms. The number of rotatable bonds is 4. The largest absolute Gasteiger partial charge is 0.317 e. The van der Waals surface area contributed by atoms with Crippen LogP contribution in [-0.2, 0) is 16.4 Å². The Labute approximate surface area is 174 Å². The second-order valence-electron chi connectivity index (χ2n) is 7.45. The fraction of sp³-hybridized carbons (Fsp3) is 0.227. The van der Waals surface area contributed by atoms with Crippen LogP contribution in [0.5, 0.6) is 0 Å². The molecule has 0 saturated heterocycles. The van der Waals surface area contributed by atoms with Crippen LogP contribution in [0.1, 0.15) is 24.5 Å². The fourth-order valence-corrected chi connectivity index (χ4v) is 4.95. The number of nitrogen functional groups attached to an aromatic ring is 1. The highest BCUT2D eigenvalue weighted by Crippen LogP contribution is 2.26. The molecule has 3 aromatic heterocycles. The molecule has 2 N–H and O–H groups in total. The molecule has 0 saturated carbocycles. The summed E-state index contributed by atoms with van der Waals surface area (Å²) < 4.78 is 29.8. The standard InChI is InChI=1S/C22H22N4O3S/c1-4-11-25-20(23)18(30(28,29)16-8-5-14(2)6-9-16)12-17-21(25)24-19-10-7-15(3)13-26(19)22(17)27/h5-10,12-13,23H,4,11H2,1-3H3/p+1. The molecule has 3 heterocycles. The van der Waals surface area contributed by atoms with E-state index in [-0.39, 0.29) is 26.6 Å². The smallest absolute Gasteiger partial charge is 0.278 e. The van der Waals surface area contributed by atoms with E-state index in [2.05, 4.69) is 4.98 Å². The fourth-order valence-electron chi connectivity index (χ4n) is 3.54. The number of nitrogens with two attached hydrogens (primary N) is 1. The van der Waals surface area contributed by atoms with Crippen molar-refractivity contribution < 1.29 is 13.0 Å². The Bertz CT molecular complexity index is 1460. The molecule has 8 heteroatoms. The van der Waals surface area contributed by atoms with Crippen molar-refractivity contribution >= 4 is 32.3 Å². The number of pyridine rings is 2. The average Bonchev–Trinajstić information content (AvgIpc) is 2.71. The van der Waals surface area contributed by atoms with Gasteiger partial charge < -0.3 is 5.73 Å². The molecule has 4 aromatic rings. The number of anilines is 1. The second-order valence-corrected chi connectivity index (χ2v) is 9.37. The molecule has 1 aromatic carbocycles. The minimum absolute atomic E-state index is 0.0771. The first kappa shape index (κ1) is 20.0. The monoisotopic (exact) mass is 423 g/mol. The summed E-state index contributed by atoms with van der Waals surface area (Å²) >= 11 is 0. The van der Waals surface area contributed by atoms with E-state index < -0.39 is 9.84 Å². The average molecular weight is 424 g/mol. The van der Waals surface area contributed by atoms with Crippen molar-refractivity contribution in [2.45, 2.75) is 43.5 Å². The van der Waals surface area contributed by atoms with Gasteiger partial charge in [0.25, 0.3) is 11.2 Å². The van der Waals surface area contributed by atoms with Crippen molar-refractivity contribution in [2.75, 3.05) is 5.73 Å². The van der Waals surface area contributed by atoms with Gasteiger partial charge in [0.1, 0.15) is 10.3 Å². The molecule has 0 unspecified atom stereocenters. The topological polar surface area (TPSA) is 98.4 Å². The molecular weight excluding hydrogens is 400 g/mol. The Morgan fingerprint density at radius 1 is 1.07 bits per heavy atom. The number of hydrogen-bond donors (Lipinski definition) is 1. The second kappa shape index (κ2) is 7.21. The molecule has 4 rings (SSSR count). The van der Waals surface area contributed by atoms with Gasteiger partial charge in [-0.3, -0.25) is 9.20 Å². The van der Waals surface area contributed by atoms with Gasteiger partial charge in [-0.05, 0) is 50.1 Å². The van der Waals surface area contributed by atoms with E-state index in [1.165, 1.54) is 10.5 Å². The van der Waals surface area contributed by atoms with Gasteiger partial charge in [-0.25, -0.2) is 13.0 Å². The van der Waals surface area contributed by atoms with E-state index in [1.807, 2.05) is 26.8 Å². The molecule has 154 valence electrons. The van der Waals surface area contributed by atoms with E-state index in [0.29, 0.717) is 24.3 Å². The van der Waals surface area contributed by atoms with Crippen LogP contribution in [0.25, 0.3) is 16.7 Å². The summed E-state index contributed by atoms with van der Waals surface area (Å²) in [6.45, 7) is 6.16. The highest BCUT2D eigenvalue weighted by atomic mass is 32.2. The van der Waals surface area contributed by atoms with Crippen LogP contribution >= 0.6 is 0 Å². The van der Waals surface area contributed by atoms with Crippen LogP contribution in [0, 0.1) is 13.8 Å². The molecule has 0 bridgehead atoms. The van der Waals surface area contributed by atoms with Crippen molar-refractivity contribution in [3.63, 3.8) is 0 Å². The van der Waals surface area contributed by atoms with Crippen LogP contribution in [-0.4, -0.2) is 17.8 Å². The third kappa shape index (κ3) is 3.13. The lowest BCUT2D eigenvalue weighted by Gasteiger charge is -2.12. The normalized spacial score (nSPS) is 12.0. The third-order valence-corrected chi connectivity index (χ3v) is 6.93. The van der Waals surface area contributed by atoms with Gasteiger partial charge in [-0.2, -0.15) is 0 Å². The van der Waals surface area contributed by atoms with Crippen LogP contribution in [0.15, 0.2) is 63.2 Å². The van der Waals surface area contributed by atoms with Crippen LogP contribution in [0.2, 0.25) is 0 Å². The SMILES string of the molecule is CCC[n+]1c(N)c(S(=O)(=O)c2ccc(C)cc2)cc2c(=O)n3cc(C)ccc3nc21. The van der Waals surface area contributed by atoms with Gasteiger partial charge in [0.15, 0.2) is 0 Å². The van der Waals surface area contributed by atoms with E-state index in [1.54, 1.807) is 41.1 Å². The summed E-state index contributed by atoms with van der Waals surface area (Å²) in [7, 11) is -3.92. The Morgan fingerprint density at radius 2 is 1.73 bits per heavy atom. The molecule has 0 atom stereocenters. The van der Waals surface area contributed by atoms with Gasteiger partial charge >= 0.3 is 0 Å². The summed E-state index contributed by atoms with van der Waals surface area (Å²) in [5.74, 6) is 0.0771. The molecular formula is C22H23N4O3S+. The summed E-state index contributed by atoms with van der Waals surface area (Å²) in [6, 6.07) is 11.6. The predicted octanol–water partition coefficient (Wildman–Crippen LogP) is 2.58. The molecule has 30 heavy (non-hydrogen) atoms. The van der Waals surface area contributed by atoms with Gasteiger partial charge in [0, 0.05) is 6.20 Å². The summed E-state index contributed by atoms with van der Waals surface area (Å²) in [4.78, 5) is 17.9. The zero-order chi connectivity index (χ0) is 21.6. The zero-order valence-electron chi connectivity index (χ0n) is 17.1. The zero-order valence-corrected chi connectivity index (χ0v) is 17.9. The van der Waals surface area contributed by atoms with E-state index in [0.717, 1.165) is 11.1 Å². The number of aryl methyl sites for hydroxylation is 3. The minimum Gasteiger partial charge on any atom is -0.317 e. The highest BCUT2D eigenvalue weighted by molar-refractivity contribution is 7.91. The Hall–Kier alpha value is -3.26. The summed E-state index contributed by atoms with van der Waals surface area (Å²) in [5, 5.41) is 0.214. The Morgan fingerprint density at radius 3 is 2.40 bits per heavy atom. The van der Waals surface area contributed by atoms with Crippen LogP contribution in [0.4, 0.5) is 5.82 Å². The van der Waals surface area contributed by atoms with Crippen molar-refractivity contribution in [3.8, 4) is 0 Å². The highest BCUT2D eigenvalue weighted by Gasteiger charge is 2.29. The van der Waals surface area contributed by atoms with Crippen molar-refractivity contribution in [2.24, 2.45) is 0 Å². The lowest BCUT2D eigenvalue weighted by molar-refractivity contribution is -0.660. The molecule has 0 radical (unpaired) electrons. The lowest BCUT2D eigenvalue weighted by Crippen LogP contribution is -2.41. The Balaban J connectivity index is 2.12. The van der Waals surface area contributed by atoms with Gasteiger partial charge in [0.2, 0.25) is 21.3 Å². The molecule has 7 nitrogen and oxygen atoms in total. The van der Waals surface area contributed by atoms with E-state index in [9.17, 15) is 13.2 Å². The molecule has 0 fully saturated rings. The molecule has 0 amide bonds. The number of sulfone groups is 1. The van der Waals surface area contributed by atoms with Gasteiger partial charge in [0.05, 0.1) is 11.4 Å². The summed E-state index contributed by atoms with van der Waals surface area (Å²) in [5.41, 5.74) is 8.72. The van der Waals surface area contributed by atoms with Crippen molar-refractivity contribution in [3.05, 3.63) is 70.1 Å². The predicted molar refractivity (Wildman–Crippen MR) is 115 cm³/mol. The lowest BCUT2D eigenvalue weighted by atomic mass is 10.2. The molecule has 0 aliphatic carbocycles. The number of hydrogen-bond acceptors (Lipinski definition) is 5. The maximum Gasteiger partial charge on any atom is 0.278 e. The maximum absolute atomic E-state index is 13.4. The van der Waals surface area contributed by atoms with Crippen LogP contribution < -0.4 is 15.9 Å². The first-order valence-electron chi connectivity index (χ1n) is 9.71. The maximum atomic E-state index is 13.4.